The molecule has 1 aliphatic rings. The largest absolute Gasteiger partial charge is 0.389 e. The van der Waals surface area contributed by atoms with Crippen molar-refractivity contribution in [2.24, 2.45) is 0 Å². The lowest BCUT2D eigenvalue weighted by Gasteiger charge is -2.35. The summed E-state index contributed by atoms with van der Waals surface area (Å²) in [5.74, 6) is -0.495. The highest BCUT2D eigenvalue weighted by molar-refractivity contribution is 5.93. The van der Waals surface area contributed by atoms with Gasteiger partial charge in [-0.05, 0) is 26.2 Å². The van der Waals surface area contributed by atoms with Gasteiger partial charge in [0.25, 0.3) is 0 Å². The van der Waals surface area contributed by atoms with Crippen LogP contribution in [0.3, 0.4) is 0 Å². The number of hydrogen-bond acceptors (Lipinski definition) is 2. The molecule has 0 saturated carbocycles. The van der Waals surface area contributed by atoms with Gasteiger partial charge in [-0.25, -0.2) is 0 Å². The van der Waals surface area contributed by atoms with Gasteiger partial charge < -0.3 is 10.2 Å². The fraction of sp³-hybridized carbons (Fsp3) is 0.857. The lowest BCUT2D eigenvalue weighted by molar-refractivity contribution is -0.145. The van der Waals surface area contributed by atoms with Crippen molar-refractivity contribution in [3.63, 3.8) is 0 Å². The van der Waals surface area contributed by atoms with Crippen molar-refractivity contribution in [2.45, 2.75) is 70.6 Å². The van der Waals surface area contributed by atoms with E-state index >= 15 is 0 Å². The van der Waals surface area contributed by atoms with Crippen molar-refractivity contribution in [3.05, 3.63) is 0 Å². The molecule has 0 aromatic rings. The maximum Gasteiger partial charge on any atom is 0.389 e. The number of carbonyl (C=O) groups is 2. The van der Waals surface area contributed by atoms with Crippen molar-refractivity contribution >= 4 is 11.8 Å². The minimum absolute atomic E-state index is 0.0240. The minimum Gasteiger partial charge on any atom is -0.342 e. The van der Waals surface area contributed by atoms with E-state index in [0.29, 0.717) is 12.8 Å². The smallest absolute Gasteiger partial charge is 0.342 e. The molecule has 1 saturated heterocycles. The number of hydrogen-bond donors (Lipinski definition) is 1. The van der Waals surface area contributed by atoms with Gasteiger partial charge in [0.05, 0.1) is 0 Å². The molecule has 122 valence electrons. The molecular weight excluding hydrogens is 285 g/mol. The molecule has 1 N–H and O–H groups in total. The topological polar surface area (TPSA) is 49.4 Å². The molecule has 0 spiro atoms. The van der Waals surface area contributed by atoms with E-state index in [2.05, 4.69) is 5.32 Å². The van der Waals surface area contributed by atoms with E-state index in [4.69, 9.17) is 0 Å². The molecule has 1 heterocycles. The zero-order valence-electron chi connectivity index (χ0n) is 12.7. The van der Waals surface area contributed by atoms with Crippen molar-refractivity contribution in [3.8, 4) is 0 Å². The number of amides is 2. The molecule has 1 aliphatic heterocycles. The highest BCUT2D eigenvalue weighted by Crippen LogP contribution is 2.26. The third-order valence-electron chi connectivity index (χ3n) is 4.13. The summed E-state index contributed by atoms with van der Waals surface area (Å²) >= 11 is 0. The normalized spacial score (nSPS) is 23.0. The van der Waals surface area contributed by atoms with Gasteiger partial charge in [0.1, 0.15) is 5.54 Å². The number of nitrogens with one attached hydrogen (secondary N) is 1. The molecule has 0 aliphatic carbocycles. The molecule has 0 aromatic carbocycles. The van der Waals surface area contributed by atoms with Crippen LogP contribution >= 0.6 is 0 Å². The second-order valence-electron chi connectivity index (χ2n) is 5.61. The molecular formula is C14H23F3N2O2. The Bertz CT molecular complexity index is 392. The van der Waals surface area contributed by atoms with Crippen LogP contribution in [-0.4, -0.2) is 41.0 Å². The first-order chi connectivity index (χ1) is 9.65. The maximum atomic E-state index is 12.7. The van der Waals surface area contributed by atoms with Crippen molar-refractivity contribution in [1.82, 2.24) is 10.2 Å². The van der Waals surface area contributed by atoms with Gasteiger partial charge in [-0.3, -0.25) is 9.59 Å². The van der Waals surface area contributed by atoms with Crippen LogP contribution in [0.4, 0.5) is 13.2 Å². The second-order valence-corrected chi connectivity index (χ2v) is 5.61. The quantitative estimate of drug-likeness (QED) is 0.849. The third kappa shape index (κ3) is 4.35. The van der Waals surface area contributed by atoms with Crippen LogP contribution in [0, 0.1) is 0 Å². The summed E-state index contributed by atoms with van der Waals surface area (Å²) < 4.78 is 36.8. The van der Waals surface area contributed by atoms with Crippen LogP contribution in [0.25, 0.3) is 0 Å². The molecule has 7 heteroatoms. The Labute approximate surface area is 123 Å². The number of alkyl halides is 3. The average molecular weight is 308 g/mol. The van der Waals surface area contributed by atoms with E-state index in [0.717, 1.165) is 0 Å². The summed E-state index contributed by atoms with van der Waals surface area (Å²) in [6.45, 7) is 5.32. The Morgan fingerprint density at radius 2 is 1.86 bits per heavy atom. The zero-order chi connectivity index (χ0) is 16.3. The molecule has 1 rings (SSSR count). The minimum atomic E-state index is -4.22. The van der Waals surface area contributed by atoms with E-state index < -0.39 is 18.1 Å². The van der Waals surface area contributed by atoms with Crippen LogP contribution < -0.4 is 5.32 Å². The first kappa shape index (κ1) is 17.8. The SMILES string of the molecule is CCC1(CC)NC(=O)CC(C)N(CCCC(F)(F)F)C1=O. The lowest BCUT2D eigenvalue weighted by Crippen LogP contribution is -2.57. The van der Waals surface area contributed by atoms with Crippen LogP contribution in [0.15, 0.2) is 0 Å². The zero-order valence-corrected chi connectivity index (χ0v) is 12.7. The van der Waals surface area contributed by atoms with Gasteiger partial charge in [0.2, 0.25) is 11.8 Å². The van der Waals surface area contributed by atoms with Gasteiger partial charge in [0, 0.05) is 25.4 Å². The van der Waals surface area contributed by atoms with Crippen LogP contribution in [0.2, 0.25) is 0 Å². The standard InChI is InChI=1S/C14H23F3N2O2/c1-4-13(5-2)12(21)19(8-6-7-14(15,16)17)10(3)9-11(20)18-13/h10H,4-9H2,1-3H3,(H,18,20). The monoisotopic (exact) mass is 308 g/mol. The molecule has 0 bridgehead atoms. The first-order valence-corrected chi connectivity index (χ1v) is 7.34. The van der Waals surface area contributed by atoms with Gasteiger partial charge in [-0.2, -0.15) is 13.2 Å². The highest BCUT2D eigenvalue weighted by Gasteiger charge is 2.44. The fourth-order valence-corrected chi connectivity index (χ4v) is 2.73. The van der Waals surface area contributed by atoms with E-state index in [1.807, 2.05) is 0 Å². The van der Waals surface area contributed by atoms with Crippen LogP contribution in [0.1, 0.15) is 52.9 Å². The summed E-state index contributed by atoms with van der Waals surface area (Å²) in [7, 11) is 0. The van der Waals surface area contributed by atoms with E-state index in [1.54, 1.807) is 20.8 Å². The van der Waals surface area contributed by atoms with Gasteiger partial charge in [0.15, 0.2) is 0 Å². The Morgan fingerprint density at radius 1 is 1.29 bits per heavy atom. The predicted molar refractivity (Wildman–Crippen MR) is 72.5 cm³/mol. The Kier molecular flexibility index (Phi) is 5.64. The summed E-state index contributed by atoms with van der Waals surface area (Å²) in [6, 6.07) is -0.384. The molecule has 2 amide bonds. The Balaban J connectivity index is 2.88. The molecule has 1 atom stereocenters. The predicted octanol–water partition coefficient (Wildman–Crippen LogP) is 2.62. The molecule has 21 heavy (non-hydrogen) atoms. The van der Waals surface area contributed by atoms with E-state index in [1.165, 1.54) is 4.90 Å². The summed E-state index contributed by atoms with van der Waals surface area (Å²) in [6.07, 6.45) is -4.31. The number of nitrogens with zero attached hydrogens (tertiary/aromatic N) is 1. The van der Waals surface area contributed by atoms with Gasteiger partial charge in [-0.1, -0.05) is 13.8 Å². The van der Waals surface area contributed by atoms with Crippen LogP contribution in [-0.2, 0) is 9.59 Å². The fourth-order valence-electron chi connectivity index (χ4n) is 2.73. The van der Waals surface area contributed by atoms with Gasteiger partial charge in [-0.15, -0.1) is 0 Å². The number of carbonyl (C=O) groups excluding carboxylic acids is 2. The second kappa shape index (κ2) is 6.66. The summed E-state index contributed by atoms with van der Waals surface area (Å²) in [4.78, 5) is 26.0. The van der Waals surface area contributed by atoms with Crippen molar-refractivity contribution in [1.29, 1.82) is 0 Å². The van der Waals surface area contributed by atoms with Crippen molar-refractivity contribution in [2.75, 3.05) is 6.54 Å². The molecule has 0 aromatic heterocycles. The molecule has 4 nitrogen and oxygen atoms in total. The van der Waals surface area contributed by atoms with Crippen molar-refractivity contribution < 1.29 is 22.8 Å². The summed E-state index contributed by atoms with van der Waals surface area (Å²) in [5, 5.41) is 2.76. The van der Waals surface area contributed by atoms with E-state index in [9.17, 15) is 22.8 Å². The van der Waals surface area contributed by atoms with Crippen LogP contribution in [0.5, 0.6) is 0 Å². The number of halogens is 3. The third-order valence-corrected chi connectivity index (χ3v) is 4.13. The molecule has 1 unspecified atom stereocenters. The highest BCUT2D eigenvalue weighted by atomic mass is 19.4. The molecule has 0 radical (unpaired) electrons. The van der Waals surface area contributed by atoms with E-state index in [-0.39, 0.29) is 37.2 Å². The lowest BCUT2D eigenvalue weighted by atomic mass is 9.91. The Hall–Kier alpha value is -1.27. The number of rotatable bonds is 5. The van der Waals surface area contributed by atoms with Gasteiger partial charge >= 0.3 is 6.18 Å². The molecule has 1 fully saturated rings. The average Bonchev–Trinajstić information content (AvgIpc) is 2.46. The summed E-state index contributed by atoms with van der Waals surface area (Å²) in [5.41, 5.74) is -0.986. The Morgan fingerprint density at radius 3 is 2.33 bits per heavy atom. The first-order valence-electron chi connectivity index (χ1n) is 7.34. The maximum absolute atomic E-state index is 12.7.